The highest BCUT2D eigenvalue weighted by molar-refractivity contribution is 5.99. The Labute approximate surface area is 189 Å². The SMILES string of the molecule is CCOC(=O)c1ccc2cc(C(=O)OCC)n([C@H](C)C(C)CNC(=O)OC(C)(C)C)c2c1. The van der Waals surface area contributed by atoms with Crippen molar-refractivity contribution in [2.75, 3.05) is 19.8 Å². The first-order valence-electron chi connectivity index (χ1n) is 10.9. The maximum absolute atomic E-state index is 12.7. The molecular weight excluding hydrogens is 412 g/mol. The van der Waals surface area contributed by atoms with Crippen LogP contribution in [0.3, 0.4) is 0 Å². The van der Waals surface area contributed by atoms with Crippen molar-refractivity contribution in [2.24, 2.45) is 5.92 Å². The van der Waals surface area contributed by atoms with E-state index >= 15 is 0 Å². The molecule has 8 heteroatoms. The molecule has 0 saturated carbocycles. The number of hydrogen-bond acceptors (Lipinski definition) is 6. The van der Waals surface area contributed by atoms with Crippen LogP contribution in [-0.4, -0.2) is 48.0 Å². The molecule has 0 aliphatic heterocycles. The van der Waals surface area contributed by atoms with Gasteiger partial charge in [-0.25, -0.2) is 14.4 Å². The molecule has 1 heterocycles. The van der Waals surface area contributed by atoms with E-state index in [1.807, 2.05) is 18.4 Å². The molecule has 2 rings (SSSR count). The maximum Gasteiger partial charge on any atom is 0.407 e. The van der Waals surface area contributed by atoms with Crippen molar-refractivity contribution in [1.82, 2.24) is 9.88 Å². The lowest BCUT2D eigenvalue weighted by molar-refractivity contribution is 0.0493. The normalized spacial score (nSPS) is 13.3. The van der Waals surface area contributed by atoms with Gasteiger partial charge in [0, 0.05) is 23.5 Å². The first kappa shape index (κ1) is 25.2. The van der Waals surface area contributed by atoms with E-state index in [1.165, 1.54) is 0 Å². The second-order valence-electron chi connectivity index (χ2n) is 8.71. The van der Waals surface area contributed by atoms with Gasteiger partial charge in [-0.05, 0) is 65.7 Å². The fraction of sp³-hybridized carbons (Fsp3) is 0.542. The van der Waals surface area contributed by atoms with Crippen LogP contribution in [0.15, 0.2) is 24.3 Å². The van der Waals surface area contributed by atoms with Crippen LogP contribution in [0, 0.1) is 5.92 Å². The molecule has 2 aromatic rings. The quantitative estimate of drug-likeness (QED) is 0.466. The number of alkyl carbamates (subject to hydrolysis) is 1. The van der Waals surface area contributed by atoms with Crippen LogP contribution < -0.4 is 5.32 Å². The van der Waals surface area contributed by atoms with Crippen molar-refractivity contribution in [3.63, 3.8) is 0 Å². The third kappa shape index (κ3) is 6.24. The standard InChI is InChI=1S/C24H34N2O6/c1-8-30-21(27)18-11-10-17-12-20(22(28)31-9-2)26(19(17)13-18)16(4)15(3)14-25-23(29)32-24(5,6)7/h10-13,15-16H,8-9,14H2,1-7H3,(H,25,29)/t15?,16-/m1/s1. The van der Waals surface area contributed by atoms with Gasteiger partial charge in [0.1, 0.15) is 11.3 Å². The second kappa shape index (κ2) is 10.5. The summed E-state index contributed by atoms with van der Waals surface area (Å²) < 4.78 is 17.5. The molecule has 1 aromatic heterocycles. The smallest absolute Gasteiger partial charge is 0.407 e. The highest BCUT2D eigenvalue weighted by Gasteiger charge is 2.25. The Kier molecular flexibility index (Phi) is 8.30. The number of ether oxygens (including phenoxy) is 3. The summed E-state index contributed by atoms with van der Waals surface area (Å²) in [4.78, 5) is 37.0. The van der Waals surface area contributed by atoms with Crippen LogP contribution in [0.25, 0.3) is 10.9 Å². The number of nitrogens with zero attached hydrogens (tertiary/aromatic N) is 1. The summed E-state index contributed by atoms with van der Waals surface area (Å²) in [5.41, 5.74) is 0.923. The number of hydrogen-bond donors (Lipinski definition) is 1. The third-order valence-corrected chi connectivity index (χ3v) is 5.04. The third-order valence-electron chi connectivity index (χ3n) is 5.04. The van der Waals surface area contributed by atoms with Crippen molar-refractivity contribution < 1.29 is 28.6 Å². The predicted molar refractivity (Wildman–Crippen MR) is 122 cm³/mol. The predicted octanol–water partition coefficient (Wildman–Crippen LogP) is 4.72. The fourth-order valence-electron chi connectivity index (χ4n) is 3.35. The minimum atomic E-state index is -0.587. The van der Waals surface area contributed by atoms with Crippen molar-refractivity contribution in [1.29, 1.82) is 0 Å². The lowest BCUT2D eigenvalue weighted by atomic mass is 10.0. The molecule has 0 aliphatic rings. The van der Waals surface area contributed by atoms with E-state index < -0.39 is 23.6 Å². The summed E-state index contributed by atoms with van der Waals surface area (Å²) in [5, 5.41) is 3.59. The summed E-state index contributed by atoms with van der Waals surface area (Å²) >= 11 is 0. The highest BCUT2D eigenvalue weighted by atomic mass is 16.6. The molecular formula is C24H34N2O6. The lowest BCUT2D eigenvalue weighted by Crippen LogP contribution is -2.36. The number of rotatable bonds is 8. The highest BCUT2D eigenvalue weighted by Crippen LogP contribution is 2.30. The average Bonchev–Trinajstić information content (AvgIpc) is 3.09. The topological polar surface area (TPSA) is 95.9 Å². The number of fused-ring (bicyclic) bond motifs is 1. The van der Waals surface area contributed by atoms with E-state index in [4.69, 9.17) is 14.2 Å². The summed E-state index contributed by atoms with van der Waals surface area (Å²) in [5.74, 6) is -0.926. The molecule has 0 aliphatic carbocycles. The number of nitrogens with one attached hydrogen (secondary N) is 1. The molecule has 1 unspecified atom stereocenters. The summed E-state index contributed by atoms with van der Waals surface area (Å²) in [6, 6.07) is 6.75. The molecule has 176 valence electrons. The molecule has 1 aromatic carbocycles. The summed E-state index contributed by atoms with van der Waals surface area (Å²) in [6.07, 6.45) is -0.496. The van der Waals surface area contributed by atoms with Gasteiger partial charge in [-0.2, -0.15) is 0 Å². The number of carbonyl (C=O) groups excluding carboxylic acids is 3. The molecule has 8 nitrogen and oxygen atoms in total. The van der Waals surface area contributed by atoms with Gasteiger partial charge in [0.2, 0.25) is 0 Å². The molecule has 0 bridgehead atoms. The zero-order valence-electron chi connectivity index (χ0n) is 20.0. The first-order chi connectivity index (χ1) is 15.0. The van der Waals surface area contributed by atoms with Crippen LogP contribution in [0.2, 0.25) is 0 Å². The van der Waals surface area contributed by atoms with Crippen LogP contribution in [-0.2, 0) is 14.2 Å². The molecule has 0 spiro atoms. The Bertz CT molecular complexity index is 973. The molecule has 0 radical (unpaired) electrons. The number of benzene rings is 1. The monoisotopic (exact) mass is 446 g/mol. The molecule has 0 fully saturated rings. The Balaban J connectivity index is 2.39. The van der Waals surface area contributed by atoms with E-state index in [0.717, 1.165) is 10.9 Å². The minimum Gasteiger partial charge on any atom is -0.462 e. The van der Waals surface area contributed by atoms with Crippen molar-refractivity contribution in [3.8, 4) is 0 Å². The zero-order valence-corrected chi connectivity index (χ0v) is 20.0. The van der Waals surface area contributed by atoms with E-state index in [2.05, 4.69) is 5.32 Å². The summed E-state index contributed by atoms with van der Waals surface area (Å²) in [6.45, 7) is 13.7. The van der Waals surface area contributed by atoms with Crippen LogP contribution in [0.4, 0.5) is 4.79 Å². The van der Waals surface area contributed by atoms with Crippen LogP contribution >= 0.6 is 0 Å². The Hall–Kier alpha value is -3.03. The van der Waals surface area contributed by atoms with Crippen molar-refractivity contribution in [3.05, 3.63) is 35.5 Å². The van der Waals surface area contributed by atoms with Gasteiger partial charge >= 0.3 is 18.0 Å². The zero-order chi connectivity index (χ0) is 24.1. The maximum atomic E-state index is 12.7. The van der Waals surface area contributed by atoms with Gasteiger partial charge < -0.3 is 24.1 Å². The number of carbonyl (C=O) groups is 3. The average molecular weight is 447 g/mol. The Morgan fingerprint density at radius 3 is 2.22 bits per heavy atom. The van der Waals surface area contributed by atoms with Gasteiger partial charge in [-0.1, -0.05) is 13.0 Å². The lowest BCUT2D eigenvalue weighted by Gasteiger charge is -2.26. The van der Waals surface area contributed by atoms with Crippen molar-refractivity contribution in [2.45, 2.75) is 60.1 Å². The molecule has 32 heavy (non-hydrogen) atoms. The van der Waals surface area contributed by atoms with E-state index in [-0.39, 0.29) is 25.2 Å². The summed E-state index contributed by atoms with van der Waals surface area (Å²) in [7, 11) is 0. The Morgan fingerprint density at radius 2 is 1.62 bits per heavy atom. The van der Waals surface area contributed by atoms with E-state index in [9.17, 15) is 14.4 Å². The van der Waals surface area contributed by atoms with Gasteiger partial charge in [0.15, 0.2) is 0 Å². The molecule has 0 saturated heterocycles. The van der Waals surface area contributed by atoms with Gasteiger partial charge in [0.25, 0.3) is 0 Å². The number of aromatic nitrogens is 1. The van der Waals surface area contributed by atoms with Gasteiger partial charge in [-0.15, -0.1) is 0 Å². The first-order valence-corrected chi connectivity index (χ1v) is 10.9. The Morgan fingerprint density at radius 1 is 1.00 bits per heavy atom. The van der Waals surface area contributed by atoms with Gasteiger partial charge in [0.05, 0.1) is 18.8 Å². The molecule has 1 amide bonds. The largest absolute Gasteiger partial charge is 0.462 e. The van der Waals surface area contributed by atoms with Crippen molar-refractivity contribution >= 4 is 28.9 Å². The van der Waals surface area contributed by atoms with Gasteiger partial charge in [-0.3, -0.25) is 0 Å². The van der Waals surface area contributed by atoms with E-state index in [1.54, 1.807) is 58.9 Å². The van der Waals surface area contributed by atoms with E-state index in [0.29, 0.717) is 17.8 Å². The number of amides is 1. The van der Waals surface area contributed by atoms with Crippen LogP contribution in [0.5, 0.6) is 0 Å². The number of esters is 2. The second-order valence-corrected chi connectivity index (χ2v) is 8.71. The minimum absolute atomic E-state index is 0.0578. The fourth-order valence-corrected chi connectivity index (χ4v) is 3.35. The molecule has 2 atom stereocenters. The van der Waals surface area contributed by atoms with Crippen LogP contribution in [0.1, 0.15) is 75.4 Å². The molecule has 1 N–H and O–H groups in total.